The van der Waals surface area contributed by atoms with Crippen molar-refractivity contribution < 1.29 is 22.0 Å². The van der Waals surface area contributed by atoms with Crippen molar-refractivity contribution in [2.75, 3.05) is 0 Å². The van der Waals surface area contributed by atoms with Gasteiger partial charge < -0.3 is 0 Å². The van der Waals surface area contributed by atoms with Crippen molar-refractivity contribution in [3.8, 4) is 0 Å². The van der Waals surface area contributed by atoms with Gasteiger partial charge in [0.2, 0.25) is 0 Å². The van der Waals surface area contributed by atoms with E-state index in [2.05, 4.69) is 13.2 Å². The molecule has 0 aromatic rings. The van der Waals surface area contributed by atoms with Crippen LogP contribution in [0.2, 0.25) is 0 Å². The number of hydrogen-bond acceptors (Lipinski definition) is 0. The van der Waals surface area contributed by atoms with Crippen molar-refractivity contribution in [2.24, 2.45) is 0 Å². The molecule has 0 saturated carbocycles. The van der Waals surface area contributed by atoms with Crippen LogP contribution in [0, 0.1) is 6.43 Å². The number of halogens is 5. The molecule has 0 aliphatic heterocycles. The van der Waals surface area contributed by atoms with E-state index in [9.17, 15) is 22.0 Å². The van der Waals surface area contributed by atoms with Gasteiger partial charge in [0.1, 0.15) is 0 Å². The van der Waals surface area contributed by atoms with E-state index in [1.807, 2.05) is 0 Å². The van der Waals surface area contributed by atoms with Gasteiger partial charge in [0.25, 0.3) is 0 Å². The van der Waals surface area contributed by atoms with E-state index in [1.165, 1.54) is 0 Å². The zero-order valence-electron chi connectivity index (χ0n) is 5.30. The standard InChI is InChI=1S/C6H4F5/c1-3(5(8)9)6(10,11)4(2)7/h1-2H2. The van der Waals surface area contributed by atoms with Crippen molar-refractivity contribution >= 4 is 0 Å². The molecule has 63 valence electrons. The third-order valence-electron chi connectivity index (χ3n) is 0.948. The first-order valence-electron chi connectivity index (χ1n) is 2.40. The van der Waals surface area contributed by atoms with E-state index in [0.29, 0.717) is 0 Å². The molecule has 5 heteroatoms. The number of rotatable bonds is 3. The fourth-order valence-electron chi connectivity index (χ4n) is 0.282. The zero-order valence-corrected chi connectivity index (χ0v) is 5.30. The third-order valence-corrected chi connectivity index (χ3v) is 0.948. The summed E-state index contributed by atoms with van der Waals surface area (Å²) in [5, 5.41) is 0. The van der Waals surface area contributed by atoms with Gasteiger partial charge in [0.15, 0.2) is 5.83 Å². The Labute approximate surface area is 60.0 Å². The fraction of sp³-hybridized carbons (Fsp3) is 0.167. The Morgan fingerprint density at radius 1 is 1.00 bits per heavy atom. The van der Waals surface area contributed by atoms with Crippen LogP contribution in [0.25, 0.3) is 0 Å². The normalized spacial score (nSPS) is 11.8. The predicted octanol–water partition coefficient (Wildman–Crippen LogP) is 3.09. The second-order valence-corrected chi connectivity index (χ2v) is 1.72. The summed E-state index contributed by atoms with van der Waals surface area (Å²) in [6.07, 6.45) is -2.70. The van der Waals surface area contributed by atoms with E-state index in [0.717, 1.165) is 0 Å². The largest absolute Gasteiger partial charge is 0.341 e. The lowest BCUT2D eigenvalue weighted by atomic mass is 10.1. The molecule has 0 fully saturated rings. The van der Waals surface area contributed by atoms with Crippen LogP contribution in [0.1, 0.15) is 0 Å². The van der Waals surface area contributed by atoms with E-state index in [-0.39, 0.29) is 0 Å². The van der Waals surface area contributed by atoms with Crippen LogP contribution in [0.5, 0.6) is 0 Å². The molecule has 0 aromatic heterocycles. The van der Waals surface area contributed by atoms with Crippen LogP contribution in [0.3, 0.4) is 0 Å². The summed E-state index contributed by atoms with van der Waals surface area (Å²) in [6, 6.07) is 0. The third kappa shape index (κ3) is 2.03. The van der Waals surface area contributed by atoms with Crippen molar-refractivity contribution in [3.05, 3.63) is 31.0 Å². The Balaban J connectivity index is 4.56. The van der Waals surface area contributed by atoms with Crippen molar-refractivity contribution in [1.82, 2.24) is 0 Å². The van der Waals surface area contributed by atoms with Gasteiger partial charge in [-0.25, -0.2) is 4.39 Å². The van der Waals surface area contributed by atoms with Gasteiger partial charge in [-0.15, -0.1) is 0 Å². The molecular weight excluding hydrogens is 167 g/mol. The first-order chi connectivity index (χ1) is 4.80. The molecule has 0 unspecified atom stereocenters. The summed E-state index contributed by atoms with van der Waals surface area (Å²) in [5.74, 6) is -6.51. The van der Waals surface area contributed by atoms with Crippen LogP contribution in [0.4, 0.5) is 22.0 Å². The minimum Gasteiger partial charge on any atom is -0.205 e. The maximum absolute atomic E-state index is 12.1. The van der Waals surface area contributed by atoms with Gasteiger partial charge in [-0.1, -0.05) is 13.2 Å². The van der Waals surface area contributed by atoms with Crippen molar-refractivity contribution in [3.63, 3.8) is 0 Å². The molecule has 0 atom stereocenters. The van der Waals surface area contributed by atoms with E-state index >= 15 is 0 Å². The van der Waals surface area contributed by atoms with Gasteiger partial charge in [0, 0.05) is 0 Å². The monoisotopic (exact) mass is 171 g/mol. The molecule has 0 saturated heterocycles. The van der Waals surface area contributed by atoms with Crippen LogP contribution < -0.4 is 0 Å². The molecule has 11 heavy (non-hydrogen) atoms. The van der Waals surface area contributed by atoms with Crippen LogP contribution in [0.15, 0.2) is 24.6 Å². The zero-order chi connectivity index (χ0) is 9.23. The first-order valence-corrected chi connectivity index (χ1v) is 2.40. The van der Waals surface area contributed by atoms with E-state index in [4.69, 9.17) is 0 Å². The Morgan fingerprint density at radius 2 is 1.36 bits per heavy atom. The average molecular weight is 171 g/mol. The molecule has 0 aliphatic carbocycles. The summed E-state index contributed by atoms with van der Waals surface area (Å²) in [7, 11) is 0. The second-order valence-electron chi connectivity index (χ2n) is 1.72. The van der Waals surface area contributed by atoms with Crippen LogP contribution in [-0.2, 0) is 0 Å². The minimum absolute atomic E-state index is 1.86. The molecule has 0 amide bonds. The lowest BCUT2D eigenvalue weighted by molar-refractivity contribution is 0.0449. The average Bonchev–Trinajstić information content (AvgIpc) is 1.85. The molecule has 0 bridgehead atoms. The quantitative estimate of drug-likeness (QED) is 0.572. The van der Waals surface area contributed by atoms with E-state index < -0.39 is 23.7 Å². The Hall–Kier alpha value is -0.870. The molecule has 0 aliphatic rings. The highest BCUT2D eigenvalue weighted by molar-refractivity contribution is 5.27. The molecular formula is C6H4F5. The van der Waals surface area contributed by atoms with Gasteiger partial charge in [0.05, 0.1) is 5.57 Å². The smallest absolute Gasteiger partial charge is 0.205 e. The van der Waals surface area contributed by atoms with Gasteiger partial charge in [-0.2, -0.15) is 17.6 Å². The molecule has 0 spiro atoms. The van der Waals surface area contributed by atoms with Gasteiger partial charge >= 0.3 is 12.3 Å². The molecule has 0 N–H and O–H groups in total. The van der Waals surface area contributed by atoms with E-state index in [1.54, 1.807) is 0 Å². The van der Waals surface area contributed by atoms with Crippen molar-refractivity contribution in [2.45, 2.75) is 5.92 Å². The molecule has 0 heterocycles. The minimum atomic E-state index is -4.36. The summed E-state index contributed by atoms with van der Waals surface area (Å²) in [6.45, 7) is 4.52. The topological polar surface area (TPSA) is 0 Å². The molecule has 1 radical (unpaired) electrons. The fourth-order valence-corrected chi connectivity index (χ4v) is 0.282. The SMILES string of the molecule is C=C(F)C(F)(F)C(=C)[C](F)F. The van der Waals surface area contributed by atoms with Gasteiger partial charge in [-0.3, -0.25) is 0 Å². The highest BCUT2D eigenvalue weighted by Gasteiger charge is 2.42. The second kappa shape index (κ2) is 3.02. The number of alkyl halides is 2. The summed E-state index contributed by atoms with van der Waals surface area (Å²) in [4.78, 5) is 0. The lowest BCUT2D eigenvalue weighted by Crippen LogP contribution is -2.20. The summed E-state index contributed by atoms with van der Waals surface area (Å²) < 4.78 is 58.8. The highest BCUT2D eigenvalue weighted by atomic mass is 19.3. The first kappa shape index (κ1) is 10.1. The summed E-state index contributed by atoms with van der Waals surface area (Å²) in [5.41, 5.74) is -1.86. The molecule has 0 rings (SSSR count). The Bertz CT molecular complexity index is 181. The molecule has 0 nitrogen and oxygen atoms in total. The highest BCUT2D eigenvalue weighted by Crippen LogP contribution is 2.37. The van der Waals surface area contributed by atoms with Crippen LogP contribution >= 0.6 is 0 Å². The Kier molecular flexibility index (Phi) is 2.78. The molecule has 0 aromatic carbocycles. The summed E-state index contributed by atoms with van der Waals surface area (Å²) >= 11 is 0. The number of hydrogen-bond donors (Lipinski definition) is 0. The lowest BCUT2D eigenvalue weighted by Gasteiger charge is -2.13. The maximum Gasteiger partial charge on any atom is 0.341 e. The number of allylic oxidation sites excluding steroid dienone is 2. The van der Waals surface area contributed by atoms with Crippen LogP contribution in [-0.4, -0.2) is 5.92 Å². The Morgan fingerprint density at radius 3 is 1.45 bits per heavy atom. The van der Waals surface area contributed by atoms with Crippen molar-refractivity contribution in [1.29, 1.82) is 0 Å². The predicted molar refractivity (Wildman–Crippen MR) is 29.8 cm³/mol. The maximum atomic E-state index is 12.1. The van der Waals surface area contributed by atoms with Gasteiger partial charge in [-0.05, 0) is 0 Å².